The Labute approximate surface area is 189 Å². The number of benzene rings is 2. The summed E-state index contributed by atoms with van der Waals surface area (Å²) in [6.07, 6.45) is 1.77. The van der Waals surface area contributed by atoms with Crippen molar-refractivity contribution < 1.29 is 9.53 Å². The van der Waals surface area contributed by atoms with Gasteiger partial charge in [-0.25, -0.2) is 4.68 Å². The maximum absolute atomic E-state index is 12.8. The van der Waals surface area contributed by atoms with Crippen LogP contribution >= 0.6 is 27.5 Å². The van der Waals surface area contributed by atoms with Gasteiger partial charge in [-0.2, -0.15) is 5.10 Å². The number of carbonyl (C=O) groups is 1. The highest BCUT2D eigenvalue weighted by molar-refractivity contribution is 9.10. The van der Waals surface area contributed by atoms with Gasteiger partial charge in [0, 0.05) is 48.4 Å². The fraction of sp³-hybridized carbons (Fsp3) is 0.273. The number of amides is 1. The van der Waals surface area contributed by atoms with E-state index in [9.17, 15) is 4.79 Å². The van der Waals surface area contributed by atoms with E-state index in [1.54, 1.807) is 16.9 Å². The van der Waals surface area contributed by atoms with Crippen molar-refractivity contribution in [3.8, 4) is 5.75 Å². The Hall–Kier alpha value is -2.35. The van der Waals surface area contributed by atoms with E-state index in [1.807, 2.05) is 53.4 Å². The molecule has 2 heterocycles. The average molecular weight is 490 g/mol. The molecule has 1 aliphatic rings. The molecule has 30 heavy (non-hydrogen) atoms. The van der Waals surface area contributed by atoms with Crippen LogP contribution < -0.4 is 4.74 Å². The summed E-state index contributed by atoms with van der Waals surface area (Å²) in [6.45, 7) is 4.16. The van der Waals surface area contributed by atoms with Crippen LogP contribution in [0.25, 0.3) is 0 Å². The number of halogens is 2. The van der Waals surface area contributed by atoms with E-state index in [0.717, 1.165) is 34.9 Å². The van der Waals surface area contributed by atoms with Crippen LogP contribution in [0.2, 0.25) is 5.02 Å². The Morgan fingerprint density at radius 3 is 2.40 bits per heavy atom. The smallest absolute Gasteiger partial charge is 0.274 e. The van der Waals surface area contributed by atoms with E-state index >= 15 is 0 Å². The molecule has 0 bridgehead atoms. The van der Waals surface area contributed by atoms with Gasteiger partial charge < -0.3 is 9.64 Å². The summed E-state index contributed by atoms with van der Waals surface area (Å²) in [4.78, 5) is 17.0. The lowest BCUT2D eigenvalue weighted by Crippen LogP contribution is -2.48. The van der Waals surface area contributed by atoms with Gasteiger partial charge in [0.1, 0.15) is 5.75 Å². The molecule has 0 aliphatic carbocycles. The molecule has 0 radical (unpaired) electrons. The van der Waals surface area contributed by atoms with Crippen LogP contribution in [-0.2, 0) is 13.3 Å². The quantitative estimate of drug-likeness (QED) is 0.518. The van der Waals surface area contributed by atoms with Crippen molar-refractivity contribution >= 4 is 33.4 Å². The summed E-state index contributed by atoms with van der Waals surface area (Å²) in [6, 6.07) is 17.2. The molecule has 2 aromatic carbocycles. The van der Waals surface area contributed by atoms with Crippen molar-refractivity contribution in [1.29, 1.82) is 0 Å². The van der Waals surface area contributed by atoms with E-state index in [0.29, 0.717) is 18.8 Å². The lowest BCUT2D eigenvalue weighted by molar-refractivity contribution is 0.0621. The van der Waals surface area contributed by atoms with Crippen LogP contribution in [0.15, 0.2) is 65.3 Å². The van der Waals surface area contributed by atoms with Crippen molar-refractivity contribution in [2.24, 2.45) is 0 Å². The van der Waals surface area contributed by atoms with Crippen LogP contribution in [0.3, 0.4) is 0 Å². The third-order valence-corrected chi connectivity index (χ3v) is 5.80. The first kappa shape index (κ1) is 20.9. The summed E-state index contributed by atoms with van der Waals surface area (Å²) in [5.74, 6) is 0.710. The molecule has 0 spiro atoms. The van der Waals surface area contributed by atoms with E-state index in [-0.39, 0.29) is 12.6 Å². The zero-order valence-corrected chi connectivity index (χ0v) is 18.7. The molecule has 1 fully saturated rings. The lowest BCUT2D eigenvalue weighted by atomic mass is 10.2. The highest BCUT2D eigenvalue weighted by Crippen LogP contribution is 2.17. The van der Waals surface area contributed by atoms with Crippen molar-refractivity contribution in [2.75, 3.05) is 26.2 Å². The lowest BCUT2D eigenvalue weighted by Gasteiger charge is -2.34. The third-order valence-electron chi connectivity index (χ3n) is 5.02. The minimum atomic E-state index is -0.0384. The Kier molecular flexibility index (Phi) is 6.72. The van der Waals surface area contributed by atoms with Crippen molar-refractivity contribution in [3.05, 3.63) is 81.5 Å². The van der Waals surface area contributed by atoms with Gasteiger partial charge >= 0.3 is 0 Å². The molecule has 0 N–H and O–H groups in total. The average Bonchev–Trinajstić information content (AvgIpc) is 3.24. The highest BCUT2D eigenvalue weighted by Gasteiger charge is 2.23. The number of piperazine rings is 1. The molecule has 0 unspecified atom stereocenters. The van der Waals surface area contributed by atoms with Crippen LogP contribution in [-0.4, -0.2) is 51.7 Å². The molecule has 0 saturated carbocycles. The maximum Gasteiger partial charge on any atom is 0.274 e. The van der Waals surface area contributed by atoms with Crippen molar-refractivity contribution in [1.82, 2.24) is 19.6 Å². The predicted octanol–water partition coefficient (Wildman–Crippen LogP) is 4.29. The predicted molar refractivity (Wildman–Crippen MR) is 120 cm³/mol. The van der Waals surface area contributed by atoms with Gasteiger partial charge in [0.05, 0.1) is 0 Å². The Morgan fingerprint density at radius 1 is 1.00 bits per heavy atom. The molecule has 1 aromatic heterocycles. The van der Waals surface area contributed by atoms with Gasteiger partial charge in [0.2, 0.25) is 0 Å². The van der Waals surface area contributed by atoms with Gasteiger partial charge in [-0.05, 0) is 48.0 Å². The highest BCUT2D eigenvalue weighted by atomic mass is 79.9. The van der Waals surface area contributed by atoms with Gasteiger partial charge in [-0.3, -0.25) is 9.69 Å². The Bertz CT molecular complexity index is 983. The molecule has 1 aliphatic heterocycles. The van der Waals surface area contributed by atoms with Gasteiger partial charge in [0.15, 0.2) is 12.4 Å². The van der Waals surface area contributed by atoms with Gasteiger partial charge in [0.25, 0.3) is 5.91 Å². The number of nitrogens with zero attached hydrogens (tertiary/aromatic N) is 4. The number of ether oxygens (including phenoxy) is 1. The van der Waals surface area contributed by atoms with Crippen LogP contribution in [0, 0.1) is 0 Å². The van der Waals surface area contributed by atoms with Crippen LogP contribution in [0.5, 0.6) is 5.75 Å². The first-order chi connectivity index (χ1) is 14.6. The molecule has 8 heteroatoms. The second-order valence-electron chi connectivity index (χ2n) is 7.16. The maximum atomic E-state index is 12.8. The molecule has 6 nitrogen and oxygen atoms in total. The van der Waals surface area contributed by atoms with Crippen LogP contribution in [0.1, 0.15) is 16.1 Å². The fourth-order valence-corrected chi connectivity index (χ4v) is 3.73. The third kappa shape index (κ3) is 5.41. The molecule has 156 valence electrons. The van der Waals surface area contributed by atoms with Gasteiger partial charge in [-0.15, -0.1) is 0 Å². The molecule has 4 rings (SSSR count). The Balaban J connectivity index is 1.27. The number of carbonyl (C=O) groups excluding carboxylic acids is 1. The molecule has 1 amide bonds. The number of rotatable bonds is 6. The number of hydrogen-bond donors (Lipinski definition) is 0. The standard InChI is InChI=1S/C22H22BrClN4O2/c23-18-3-7-20(8-4-18)30-16-28-10-9-21(25-28)22(29)27-13-11-26(12-14-27)15-17-1-5-19(24)6-2-17/h1-10H,11-16H2. The van der Waals surface area contributed by atoms with Gasteiger partial charge in [-0.1, -0.05) is 39.7 Å². The first-order valence-corrected chi connectivity index (χ1v) is 10.9. The normalized spacial score (nSPS) is 14.7. The summed E-state index contributed by atoms with van der Waals surface area (Å²) >= 11 is 9.35. The topological polar surface area (TPSA) is 50.6 Å². The van der Waals surface area contributed by atoms with Crippen molar-refractivity contribution in [2.45, 2.75) is 13.3 Å². The molecule has 1 saturated heterocycles. The second-order valence-corrected chi connectivity index (χ2v) is 8.51. The van der Waals surface area contributed by atoms with E-state index in [1.165, 1.54) is 5.56 Å². The monoisotopic (exact) mass is 488 g/mol. The summed E-state index contributed by atoms with van der Waals surface area (Å²) in [7, 11) is 0. The van der Waals surface area contributed by atoms with E-state index in [2.05, 4.69) is 25.9 Å². The number of aromatic nitrogens is 2. The number of hydrogen-bond acceptors (Lipinski definition) is 4. The molecular weight excluding hydrogens is 468 g/mol. The first-order valence-electron chi connectivity index (χ1n) is 9.75. The largest absolute Gasteiger partial charge is 0.471 e. The summed E-state index contributed by atoms with van der Waals surface area (Å²) < 4.78 is 8.33. The Morgan fingerprint density at radius 2 is 1.70 bits per heavy atom. The minimum absolute atomic E-state index is 0.0384. The summed E-state index contributed by atoms with van der Waals surface area (Å²) in [5, 5.41) is 5.12. The second kappa shape index (κ2) is 9.64. The van der Waals surface area contributed by atoms with Crippen LogP contribution in [0.4, 0.5) is 0 Å². The molecule has 0 atom stereocenters. The van der Waals surface area contributed by atoms with E-state index < -0.39 is 0 Å². The zero-order chi connectivity index (χ0) is 20.9. The minimum Gasteiger partial charge on any atom is -0.471 e. The van der Waals surface area contributed by atoms with E-state index in [4.69, 9.17) is 16.3 Å². The fourth-order valence-electron chi connectivity index (χ4n) is 3.34. The molecule has 3 aromatic rings. The summed E-state index contributed by atoms with van der Waals surface area (Å²) in [5.41, 5.74) is 1.67. The molecular formula is C22H22BrClN4O2. The van der Waals surface area contributed by atoms with Crippen molar-refractivity contribution in [3.63, 3.8) is 0 Å². The SMILES string of the molecule is O=C(c1ccn(COc2ccc(Br)cc2)n1)N1CCN(Cc2ccc(Cl)cc2)CC1. The zero-order valence-electron chi connectivity index (χ0n) is 16.4.